The number of fused-ring (bicyclic) bond motifs is 1. The number of aryl methyl sites for hydroxylation is 2. The molecule has 102 valence electrons. The largest absolute Gasteiger partial charge is 0.310 e. The van der Waals surface area contributed by atoms with Crippen molar-refractivity contribution in [2.45, 2.75) is 45.7 Å². The number of aromatic nitrogens is 3. The minimum atomic E-state index is 0.611. The Labute approximate surface area is 114 Å². The molecule has 1 atom stereocenters. The summed E-state index contributed by atoms with van der Waals surface area (Å²) in [6, 6.07) is 2.82. The molecule has 2 aromatic rings. The summed E-state index contributed by atoms with van der Waals surface area (Å²) < 4.78 is 1.85. The first kappa shape index (κ1) is 12.6. The van der Waals surface area contributed by atoms with E-state index in [2.05, 4.69) is 28.4 Å². The second kappa shape index (κ2) is 4.93. The Bertz CT molecular complexity index is 583. The quantitative estimate of drug-likeness (QED) is 0.916. The molecule has 4 nitrogen and oxygen atoms in total. The number of hydrogen-bond donors (Lipinski definition) is 1. The molecule has 0 saturated heterocycles. The molecule has 1 N–H and O–H groups in total. The van der Waals surface area contributed by atoms with Crippen LogP contribution in [0.2, 0.25) is 0 Å². The lowest BCUT2D eigenvalue weighted by Gasteiger charge is -2.32. The number of nitrogens with one attached hydrogen (secondary N) is 1. The number of rotatable bonds is 4. The van der Waals surface area contributed by atoms with E-state index in [0.717, 1.165) is 29.2 Å². The molecule has 4 heteroatoms. The van der Waals surface area contributed by atoms with Gasteiger partial charge in [-0.2, -0.15) is 5.10 Å². The third-order valence-electron chi connectivity index (χ3n) is 4.40. The molecule has 1 fully saturated rings. The van der Waals surface area contributed by atoms with Crippen LogP contribution in [0, 0.1) is 12.8 Å². The van der Waals surface area contributed by atoms with Crippen LogP contribution in [0.5, 0.6) is 0 Å². The highest BCUT2D eigenvalue weighted by atomic mass is 15.3. The van der Waals surface area contributed by atoms with Gasteiger partial charge in [-0.1, -0.05) is 6.42 Å². The molecule has 1 unspecified atom stereocenters. The molecule has 0 bridgehead atoms. The molecule has 0 spiro atoms. The summed E-state index contributed by atoms with van der Waals surface area (Å²) in [5, 5.41) is 9.20. The van der Waals surface area contributed by atoms with Crippen LogP contribution >= 0.6 is 0 Å². The normalized spacial score (nSPS) is 17.6. The van der Waals surface area contributed by atoms with Gasteiger partial charge in [0, 0.05) is 31.2 Å². The highest BCUT2D eigenvalue weighted by Gasteiger charge is 2.23. The molecule has 2 heterocycles. The minimum absolute atomic E-state index is 0.611. The van der Waals surface area contributed by atoms with E-state index >= 15 is 0 Å². The Morgan fingerprint density at radius 1 is 1.47 bits per heavy atom. The summed E-state index contributed by atoms with van der Waals surface area (Å²) >= 11 is 0. The van der Waals surface area contributed by atoms with Gasteiger partial charge in [-0.3, -0.25) is 4.68 Å². The zero-order valence-electron chi connectivity index (χ0n) is 12.0. The Hall–Kier alpha value is -1.42. The molecule has 2 aromatic heterocycles. The molecule has 1 saturated carbocycles. The number of pyridine rings is 1. The van der Waals surface area contributed by atoms with Crippen molar-refractivity contribution >= 4 is 11.0 Å². The molecule has 1 aliphatic carbocycles. The predicted octanol–water partition coefficient (Wildman–Crippen LogP) is 2.55. The van der Waals surface area contributed by atoms with Crippen LogP contribution in [-0.4, -0.2) is 20.8 Å². The lowest BCUT2D eigenvalue weighted by molar-refractivity contribution is 0.240. The molecular weight excluding hydrogens is 236 g/mol. The van der Waals surface area contributed by atoms with Crippen LogP contribution in [0.25, 0.3) is 11.0 Å². The van der Waals surface area contributed by atoms with Gasteiger partial charge in [-0.15, -0.1) is 0 Å². The van der Waals surface area contributed by atoms with E-state index in [9.17, 15) is 0 Å². The van der Waals surface area contributed by atoms with Crippen molar-refractivity contribution in [3.8, 4) is 0 Å². The lowest BCUT2D eigenvalue weighted by Crippen LogP contribution is -2.36. The van der Waals surface area contributed by atoms with Crippen molar-refractivity contribution in [2.75, 3.05) is 0 Å². The van der Waals surface area contributed by atoms with Crippen molar-refractivity contribution in [3.63, 3.8) is 0 Å². The molecule has 3 rings (SSSR count). The van der Waals surface area contributed by atoms with Crippen molar-refractivity contribution in [2.24, 2.45) is 13.0 Å². The summed E-state index contributed by atoms with van der Waals surface area (Å²) in [4.78, 5) is 4.52. The average molecular weight is 258 g/mol. The Kier molecular flexibility index (Phi) is 3.27. The van der Waals surface area contributed by atoms with Crippen LogP contribution in [0.15, 0.2) is 12.3 Å². The third-order valence-corrected chi connectivity index (χ3v) is 4.40. The van der Waals surface area contributed by atoms with Gasteiger partial charge >= 0.3 is 0 Å². The molecule has 0 amide bonds. The molecule has 0 aromatic carbocycles. The second-order valence-electron chi connectivity index (χ2n) is 5.78. The van der Waals surface area contributed by atoms with Crippen LogP contribution in [-0.2, 0) is 13.6 Å². The van der Waals surface area contributed by atoms with Crippen LogP contribution in [0.4, 0.5) is 0 Å². The number of hydrogen-bond acceptors (Lipinski definition) is 3. The number of nitrogens with zero attached hydrogens (tertiary/aromatic N) is 3. The molecule has 19 heavy (non-hydrogen) atoms. The van der Waals surface area contributed by atoms with Crippen molar-refractivity contribution in [1.82, 2.24) is 20.1 Å². The fourth-order valence-corrected chi connectivity index (χ4v) is 2.83. The molecule has 0 aliphatic heterocycles. The summed E-state index contributed by atoms with van der Waals surface area (Å²) in [5.41, 5.74) is 3.27. The fraction of sp³-hybridized carbons (Fsp3) is 0.600. The molecule has 1 aliphatic rings. The fourth-order valence-electron chi connectivity index (χ4n) is 2.83. The van der Waals surface area contributed by atoms with E-state index in [1.54, 1.807) is 0 Å². The highest BCUT2D eigenvalue weighted by Crippen LogP contribution is 2.29. The Morgan fingerprint density at radius 2 is 2.26 bits per heavy atom. The first-order chi connectivity index (χ1) is 9.15. The Morgan fingerprint density at radius 3 is 2.95 bits per heavy atom. The summed E-state index contributed by atoms with van der Waals surface area (Å²) in [6.45, 7) is 5.23. The zero-order chi connectivity index (χ0) is 13.4. The topological polar surface area (TPSA) is 42.7 Å². The third kappa shape index (κ3) is 2.37. The Balaban J connectivity index is 1.72. The minimum Gasteiger partial charge on any atom is -0.310 e. The molecular formula is C15H22N4. The van der Waals surface area contributed by atoms with Crippen LogP contribution in [0.1, 0.15) is 37.4 Å². The maximum atomic E-state index is 4.52. The maximum absolute atomic E-state index is 4.52. The average Bonchev–Trinajstić information content (AvgIpc) is 2.60. The van der Waals surface area contributed by atoms with E-state index in [-0.39, 0.29) is 0 Å². The first-order valence-corrected chi connectivity index (χ1v) is 7.17. The standard InChI is InChI=1S/C15H22N4/c1-10(13-5-4-6-13)16-8-12-7-14-11(2)18-19(3)15(14)17-9-12/h7,9-10,13,16H,4-6,8H2,1-3H3. The van der Waals surface area contributed by atoms with Gasteiger partial charge in [0.15, 0.2) is 5.65 Å². The predicted molar refractivity (Wildman–Crippen MR) is 76.9 cm³/mol. The van der Waals surface area contributed by atoms with Gasteiger partial charge in [-0.05, 0) is 44.2 Å². The van der Waals surface area contributed by atoms with E-state index in [1.807, 2.05) is 24.9 Å². The first-order valence-electron chi connectivity index (χ1n) is 7.17. The van der Waals surface area contributed by atoms with E-state index in [4.69, 9.17) is 0 Å². The van der Waals surface area contributed by atoms with Crippen molar-refractivity contribution in [3.05, 3.63) is 23.5 Å². The van der Waals surface area contributed by atoms with E-state index < -0.39 is 0 Å². The monoisotopic (exact) mass is 258 g/mol. The van der Waals surface area contributed by atoms with Gasteiger partial charge in [0.1, 0.15) is 0 Å². The van der Waals surface area contributed by atoms with Crippen molar-refractivity contribution < 1.29 is 0 Å². The summed E-state index contributed by atoms with van der Waals surface area (Å²) in [5.74, 6) is 0.872. The smallest absolute Gasteiger partial charge is 0.157 e. The molecule has 0 radical (unpaired) electrons. The van der Waals surface area contributed by atoms with Gasteiger partial charge in [0.05, 0.1) is 5.69 Å². The van der Waals surface area contributed by atoms with Gasteiger partial charge in [-0.25, -0.2) is 4.98 Å². The maximum Gasteiger partial charge on any atom is 0.157 e. The van der Waals surface area contributed by atoms with Gasteiger partial charge in [0.2, 0.25) is 0 Å². The summed E-state index contributed by atoms with van der Waals surface area (Å²) in [7, 11) is 1.94. The zero-order valence-corrected chi connectivity index (χ0v) is 12.0. The highest BCUT2D eigenvalue weighted by molar-refractivity contribution is 5.78. The van der Waals surface area contributed by atoms with E-state index in [1.165, 1.54) is 24.8 Å². The lowest BCUT2D eigenvalue weighted by atomic mass is 9.80. The van der Waals surface area contributed by atoms with Crippen LogP contribution < -0.4 is 5.32 Å². The van der Waals surface area contributed by atoms with Gasteiger partial charge < -0.3 is 5.32 Å². The van der Waals surface area contributed by atoms with Gasteiger partial charge in [0.25, 0.3) is 0 Å². The second-order valence-corrected chi connectivity index (χ2v) is 5.78. The SMILES string of the molecule is Cc1nn(C)c2ncc(CNC(C)C3CCC3)cc12. The van der Waals surface area contributed by atoms with Crippen LogP contribution in [0.3, 0.4) is 0 Å². The summed E-state index contributed by atoms with van der Waals surface area (Å²) in [6.07, 6.45) is 6.13. The van der Waals surface area contributed by atoms with E-state index in [0.29, 0.717) is 6.04 Å². The van der Waals surface area contributed by atoms with Crippen molar-refractivity contribution in [1.29, 1.82) is 0 Å².